The molecule has 0 aromatic rings. The van der Waals surface area contributed by atoms with Gasteiger partial charge >= 0.3 is 0 Å². The Hall–Kier alpha value is -0.520. The molecule has 0 aliphatic rings. The summed E-state index contributed by atoms with van der Waals surface area (Å²) < 4.78 is 0. The molecule has 0 saturated carbocycles. The maximum Gasteiger partial charge on any atom is -0.0322 e. The third kappa shape index (κ3) is 9.08. The van der Waals surface area contributed by atoms with Gasteiger partial charge in [-0.05, 0) is 49.9 Å². The Morgan fingerprint density at radius 3 is 2.32 bits per heavy atom. The highest BCUT2D eigenvalue weighted by atomic mass is 14.2. The first kappa shape index (κ1) is 18.5. The molecule has 0 heteroatoms. The first-order valence-corrected chi connectivity index (χ1v) is 8.45. The molecule has 0 aliphatic heterocycles. The summed E-state index contributed by atoms with van der Waals surface area (Å²) in [5, 5.41) is 0. The fourth-order valence-electron chi connectivity index (χ4n) is 3.02. The molecule has 19 heavy (non-hydrogen) atoms. The molecule has 0 saturated heterocycles. The highest BCUT2D eigenvalue weighted by molar-refractivity contribution is 4.84. The predicted octanol–water partition coefficient (Wildman–Crippen LogP) is 6.78. The summed E-state index contributed by atoms with van der Waals surface area (Å²) in [5.74, 6) is 2.63. The first-order chi connectivity index (χ1) is 9.19. The largest absolute Gasteiger partial charge is 0.103 e. The fourth-order valence-corrected chi connectivity index (χ4v) is 3.02. The second-order valence-electron chi connectivity index (χ2n) is 6.02. The Balaban J connectivity index is 4.27. The van der Waals surface area contributed by atoms with Crippen LogP contribution in [-0.4, -0.2) is 0 Å². The van der Waals surface area contributed by atoms with E-state index in [9.17, 15) is 0 Å². The third-order valence-electron chi connectivity index (χ3n) is 4.36. The van der Waals surface area contributed by atoms with Gasteiger partial charge in [0.15, 0.2) is 0 Å². The van der Waals surface area contributed by atoms with Gasteiger partial charge in [0.25, 0.3) is 0 Å². The Bertz CT molecular complexity index is 226. The van der Waals surface area contributed by atoms with Crippen molar-refractivity contribution in [3.05, 3.63) is 24.8 Å². The van der Waals surface area contributed by atoms with Crippen LogP contribution in [0.4, 0.5) is 0 Å². The van der Waals surface area contributed by atoms with Crippen LogP contribution in [0, 0.1) is 17.8 Å². The molecule has 0 heterocycles. The monoisotopic (exact) mass is 264 g/mol. The molecule has 0 aliphatic carbocycles. The van der Waals surface area contributed by atoms with Crippen molar-refractivity contribution in [3.63, 3.8) is 0 Å². The van der Waals surface area contributed by atoms with Crippen LogP contribution in [0.1, 0.15) is 79.1 Å². The molecule has 0 N–H and O–H groups in total. The zero-order valence-corrected chi connectivity index (χ0v) is 13.8. The first-order valence-electron chi connectivity index (χ1n) is 8.45. The Labute approximate surface area is 122 Å². The van der Waals surface area contributed by atoms with Crippen LogP contribution in [0.25, 0.3) is 0 Å². The van der Waals surface area contributed by atoms with E-state index in [0.717, 1.165) is 17.8 Å². The zero-order valence-electron chi connectivity index (χ0n) is 13.8. The van der Waals surface area contributed by atoms with Gasteiger partial charge in [0, 0.05) is 0 Å². The molecule has 0 nitrogen and oxygen atoms in total. The SMILES string of the molecule is C=CCCC(CCC)C(C)CC(CC)C/C=C\CC. The summed E-state index contributed by atoms with van der Waals surface area (Å²) >= 11 is 0. The van der Waals surface area contributed by atoms with E-state index in [1.165, 1.54) is 51.4 Å². The van der Waals surface area contributed by atoms with Gasteiger partial charge in [0.1, 0.15) is 0 Å². The normalized spacial score (nSPS) is 16.4. The number of hydrogen-bond donors (Lipinski definition) is 0. The minimum absolute atomic E-state index is 0.861. The summed E-state index contributed by atoms with van der Waals surface area (Å²) in [6, 6.07) is 0. The predicted molar refractivity (Wildman–Crippen MR) is 89.4 cm³/mol. The molecule has 0 spiro atoms. The molecule has 0 amide bonds. The number of hydrogen-bond acceptors (Lipinski definition) is 0. The number of allylic oxidation sites excluding steroid dienone is 3. The lowest BCUT2D eigenvalue weighted by molar-refractivity contribution is 0.255. The van der Waals surface area contributed by atoms with Crippen LogP contribution in [0.15, 0.2) is 24.8 Å². The standard InChI is InChI=1S/C19H36/c1-6-10-12-14-18(9-4)16-17(5)19(13-8-3)15-11-7-2/h7,10,12,17-19H,2,6,8-9,11,13-16H2,1,3-5H3/b12-10-. The summed E-state index contributed by atoms with van der Waals surface area (Å²) in [7, 11) is 0. The van der Waals surface area contributed by atoms with Gasteiger partial charge in [-0.1, -0.05) is 65.2 Å². The third-order valence-corrected chi connectivity index (χ3v) is 4.36. The summed E-state index contributed by atoms with van der Waals surface area (Å²) in [4.78, 5) is 0. The summed E-state index contributed by atoms with van der Waals surface area (Å²) in [6.07, 6.45) is 17.2. The summed E-state index contributed by atoms with van der Waals surface area (Å²) in [5.41, 5.74) is 0. The Morgan fingerprint density at radius 1 is 1.05 bits per heavy atom. The molecule has 3 atom stereocenters. The zero-order chi connectivity index (χ0) is 14.5. The summed E-state index contributed by atoms with van der Waals surface area (Å²) in [6.45, 7) is 13.2. The molecule has 0 bridgehead atoms. The van der Waals surface area contributed by atoms with Crippen molar-refractivity contribution in [1.29, 1.82) is 0 Å². The lowest BCUT2D eigenvalue weighted by Gasteiger charge is -2.26. The van der Waals surface area contributed by atoms with Gasteiger partial charge in [-0.2, -0.15) is 0 Å². The van der Waals surface area contributed by atoms with Gasteiger partial charge in [0.05, 0.1) is 0 Å². The second kappa shape index (κ2) is 12.5. The smallest absolute Gasteiger partial charge is 0.0322 e. The topological polar surface area (TPSA) is 0 Å². The van der Waals surface area contributed by atoms with Crippen LogP contribution in [0.2, 0.25) is 0 Å². The van der Waals surface area contributed by atoms with Gasteiger partial charge in [0.2, 0.25) is 0 Å². The molecule has 0 aromatic heterocycles. The molecule has 112 valence electrons. The molecule has 0 fully saturated rings. The van der Waals surface area contributed by atoms with Crippen LogP contribution in [0.5, 0.6) is 0 Å². The minimum atomic E-state index is 0.861. The van der Waals surface area contributed by atoms with E-state index in [0.29, 0.717) is 0 Å². The van der Waals surface area contributed by atoms with E-state index in [4.69, 9.17) is 0 Å². The van der Waals surface area contributed by atoms with Crippen molar-refractivity contribution < 1.29 is 0 Å². The van der Waals surface area contributed by atoms with E-state index in [2.05, 4.69) is 52.5 Å². The molecule has 3 unspecified atom stereocenters. The Kier molecular flexibility index (Phi) is 12.2. The van der Waals surface area contributed by atoms with Gasteiger partial charge in [-0.3, -0.25) is 0 Å². The van der Waals surface area contributed by atoms with Crippen molar-refractivity contribution in [1.82, 2.24) is 0 Å². The highest BCUT2D eigenvalue weighted by Crippen LogP contribution is 2.30. The molecule has 0 aromatic carbocycles. The molecule has 0 radical (unpaired) electrons. The molecular weight excluding hydrogens is 228 g/mol. The van der Waals surface area contributed by atoms with Crippen molar-refractivity contribution in [3.8, 4) is 0 Å². The van der Waals surface area contributed by atoms with Crippen molar-refractivity contribution in [2.24, 2.45) is 17.8 Å². The van der Waals surface area contributed by atoms with Crippen molar-refractivity contribution in [2.75, 3.05) is 0 Å². The maximum atomic E-state index is 3.87. The van der Waals surface area contributed by atoms with Crippen LogP contribution in [-0.2, 0) is 0 Å². The molecule has 0 rings (SSSR count). The average molecular weight is 264 g/mol. The van der Waals surface area contributed by atoms with Crippen LogP contribution >= 0.6 is 0 Å². The fraction of sp³-hybridized carbons (Fsp3) is 0.789. The van der Waals surface area contributed by atoms with Crippen molar-refractivity contribution in [2.45, 2.75) is 79.1 Å². The lowest BCUT2D eigenvalue weighted by atomic mass is 9.79. The van der Waals surface area contributed by atoms with Gasteiger partial charge < -0.3 is 0 Å². The van der Waals surface area contributed by atoms with E-state index in [-0.39, 0.29) is 0 Å². The lowest BCUT2D eigenvalue weighted by Crippen LogP contribution is -2.15. The van der Waals surface area contributed by atoms with E-state index < -0.39 is 0 Å². The number of rotatable bonds is 12. The Morgan fingerprint density at radius 2 is 1.79 bits per heavy atom. The molecular formula is C19H36. The van der Waals surface area contributed by atoms with E-state index >= 15 is 0 Å². The average Bonchev–Trinajstić information content (AvgIpc) is 2.42. The van der Waals surface area contributed by atoms with Crippen LogP contribution in [0.3, 0.4) is 0 Å². The van der Waals surface area contributed by atoms with Gasteiger partial charge in [-0.15, -0.1) is 6.58 Å². The second-order valence-corrected chi connectivity index (χ2v) is 6.02. The van der Waals surface area contributed by atoms with E-state index in [1.54, 1.807) is 0 Å². The van der Waals surface area contributed by atoms with Crippen molar-refractivity contribution >= 4 is 0 Å². The quantitative estimate of drug-likeness (QED) is 0.341. The minimum Gasteiger partial charge on any atom is -0.103 e. The maximum absolute atomic E-state index is 3.87. The van der Waals surface area contributed by atoms with E-state index in [1.807, 2.05) is 0 Å². The van der Waals surface area contributed by atoms with Crippen LogP contribution < -0.4 is 0 Å². The van der Waals surface area contributed by atoms with Gasteiger partial charge in [-0.25, -0.2) is 0 Å². The highest BCUT2D eigenvalue weighted by Gasteiger charge is 2.19.